The van der Waals surface area contributed by atoms with Gasteiger partial charge >= 0.3 is 5.97 Å². The van der Waals surface area contributed by atoms with Crippen LogP contribution in [0.15, 0.2) is 24.3 Å². The van der Waals surface area contributed by atoms with Crippen molar-refractivity contribution in [2.24, 2.45) is 5.92 Å². The predicted octanol–water partition coefficient (Wildman–Crippen LogP) is 5.98. The van der Waals surface area contributed by atoms with Gasteiger partial charge in [-0.05, 0) is 69.1 Å². The summed E-state index contributed by atoms with van der Waals surface area (Å²) in [6.07, 6.45) is 8.68. The predicted molar refractivity (Wildman–Crippen MR) is 135 cm³/mol. The Morgan fingerprint density at radius 3 is 2.85 bits per heavy atom. The molecule has 2 aliphatic rings. The van der Waals surface area contributed by atoms with Gasteiger partial charge in [-0.25, -0.2) is 4.98 Å². The maximum absolute atomic E-state index is 11.8. The van der Waals surface area contributed by atoms with Crippen molar-refractivity contribution in [1.82, 2.24) is 4.98 Å². The quantitative estimate of drug-likeness (QED) is 0.424. The number of allylic oxidation sites excluding steroid dienone is 2. The summed E-state index contributed by atoms with van der Waals surface area (Å²) >= 11 is 1.82. The summed E-state index contributed by atoms with van der Waals surface area (Å²) in [5, 5.41) is 1.17. The largest absolute Gasteiger partial charge is 0.493 e. The van der Waals surface area contributed by atoms with E-state index in [4.69, 9.17) is 14.5 Å². The maximum Gasteiger partial charge on any atom is 0.306 e. The molecule has 0 bridgehead atoms. The van der Waals surface area contributed by atoms with Crippen molar-refractivity contribution in [3.8, 4) is 5.75 Å². The molecule has 2 aromatic rings. The first-order chi connectivity index (χ1) is 16.0. The number of carbonyl (C=O) groups excluding carboxylic acids is 1. The summed E-state index contributed by atoms with van der Waals surface area (Å²) < 4.78 is 11.4. The molecule has 1 saturated heterocycles. The van der Waals surface area contributed by atoms with Crippen LogP contribution in [0.4, 0.5) is 5.13 Å². The molecule has 1 aromatic heterocycles. The SMILES string of the molecule is CCOC(=O)CCC1=CCCc2c(OCCc3nc(N4CCC(C)CC4)sc3C)cccc21. The molecule has 0 amide bonds. The van der Waals surface area contributed by atoms with Crippen LogP contribution in [-0.4, -0.2) is 37.3 Å². The van der Waals surface area contributed by atoms with Crippen LogP contribution in [0.2, 0.25) is 0 Å². The van der Waals surface area contributed by atoms with Gasteiger partial charge in [0.15, 0.2) is 5.13 Å². The Morgan fingerprint density at radius 1 is 1.24 bits per heavy atom. The second-order valence-corrected chi connectivity index (χ2v) is 10.3. The fraction of sp³-hybridized carbons (Fsp3) is 0.556. The van der Waals surface area contributed by atoms with Gasteiger partial charge in [0.2, 0.25) is 0 Å². The zero-order valence-electron chi connectivity index (χ0n) is 20.2. The molecule has 33 heavy (non-hydrogen) atoms. The molecule has 4 rings (SSSR count). The molecule has 1 aliphatic heterocycles. The first-order valence-electron chi connectivity index (χ1n) is 12.4. The number of aromatic nitrogens is 1. The number of thiazole rings is 1. The van der Waals surface area contributed by atoms with Crippen molar-refractivity contribution >= 4 is 28.0 Å². The molecule has 6 heteroatoms. The number of benzene rings is 1. The third kappa shape index (κ3) is 5.97. The van der Waals surface area contributed by atoms with E-state index in [0.29, 0.717) is 26.1 Å². The van der Waals surface area contributed by atoms with Crippen LogP contribution < -0.4 is 9.64 Å². The van der Waals surface area contributed by atoms with Gasteiger partial charge < -0.3 is 14.4 Å². The third-order valence-electron chi connectivity index (χ3n) is 6.70. The minimum Gasteiger partial charge on any atom is -0.493 e. The molecule has 2 heterocycles. The van der Waals surface area contributed by atoms with E-state index in [-0.39, 0.29) is 5.97 Å². The van der Waals surface area contributed by atoms with Crippen molar-refractivity contribution in [3.05, 3.63) is 46.0 Å². The summed E-state index contributed by atoms with van der Waals surface area (Å²) in [6, 6.07) is 6.28. The summed E-state index contributed by atoms with van der Waals surface area (Å²) in [5.74, 6) is 1.66. The normalized spacial score (nSPS) is 16.3. The Labute approximate surface area is 201 Å². The van der Waals surface area contributed by atoms with Gasteiger partial charge in [0.1, 0.15) is 5.75 Å². The number of hydrogen-bond donors (Lipinski definition) is 0. The topological polar surface area (TPSA) is 51.7 Å². The molecule has 0 unspecified atom stereocenters. The van der Waals surface area contributed by atoms with Crippen molar-refractivity contribution in [2.75, 3.05) is 31.2 Å². The lowest BCUT2D eigenvalue weighted by Gasteiger charge is -2.29. The Kier molecular flexibility index (Phi) is 8.07. The van der Waals surface area contributed by atoms with Crippen LogP contribution in [0.1, 0.15) is 67.6 Å². The summed E-state index contributed by atoms with van der Waals surface area (Å²) in [6.45, 7) is 9.66. The van der Waals surface area contributed by atoms with E-state index in [1.165, 1.54) is 39.6 Å². The summed E-state index contributed by atoms with van der Waals surface area (Å²) in [7, 11) is 0. The number of ether oxygens (including phenoxy) is 2. The zero-order chi connectivity index (χ0) is 23.2. The lowest BCUT2D eigenvalue weighted by atomic mass is 9.88. The molecule has 1 aliphatic carbocycles. The van der Waals surface area contributed by atoms with Crippen LogP contribution >= 0.6 is 11.3 Å². The Hall–Kier alpha value is -2.34. The number of esters is 1. The molecule has 0 atom stereocenters. The zero-order valence-corrected chi connectivity index (χ0v) is 21.0. The minimum atomic E-state index is -0.130. The van der Waals surface area contributed by atoms with E-state index in [1.807, 2.05) is 18.3 Å². The van der Waals surface area contributed by atoms with Crippen LogP contribution in [-0.2, 0) is 22.4 Å². The number of carbonyl (C=O) groups is 1. The maximum atomic E-state index is 11.8. The van der Waals surface area contributed by atoms with Gasteiger partial charge in [-0.15, -0.1) is 11.3 Å². The van der Waals surface area contributed by atoms with Crippen molar-refractivity contribution < 1.29 is 14.3 Å². The van der Waals surface area contributed by atoms with E-state index in [9.17, 15) is 4.79 Å². The molecule has 1 aromatic carbocycles. The lowest BCUT2D eigenvalue weighted by molar-refractivity contribution is -0.142. The highest BCUT2D eigenvalue weighted by molar-refractivity contribution is 7.15. The van der Waals surface area contributed by atoms with E-state index < -0.39 is 0 Å². The van der Waals surface area contributed by atoms with Gasteiger partial charge in [0.25, 0.3) is 0 Å². The molecule has 1 fully saturated rings. The summed E-state index contributed by atoms with van der Waals surface area (Å²) in [5.41, 5.74) is 4.87. The van der Waals surface area contributed by atoms with Crippen LogP contribution in [0.3, 0.4) is 0 Å². The lowest BCUT2D eigenvalue weighted by Crippen LogP contribution is -2.32. The average molecular weight is 469 g/mol. The van der Waals surface area contributed by atoms with Crippen molar-refractivity contribution in [3.63, 3.8) is 0 Å². The monoisotopic (exact) mass is 468 g/mol. The van der Waals surface area contributed by atoms with Crippen molar-refractivity contribution in [2.45, 2.75) is 65.7 Å². The third-order valence-corrected chi connectivity index (χ3v) is 7.77. The molecule has 178 valence electrons. The second kappa shape index (κ2) is 11.2. The number of fused-ring (bicyclic) bond motifs is 1. The number of hydrogen-bond acceptors (Lipinski definition) is 6. The molecule has 0 spiro atoms. The fourth-order valence-corrected chi connectivity index (χ4v) is 5.71. The Bertz CT molecular complexity index is 989. The standard InChI is InChI=1S/C27H36N2O3S/c1-4-31-26(30)12-11-21-7-5-9-23-22(21)8-6-10-25(23)32-18-15-24-20(3)33-27(28-24)29-16-13-19(2)14-17-29/h6-8,10,19H,4-5,9,11-18H2,1-3H3. The van der Waals surface area contributed by atoms with E-state index >= 15 is 0 Å². The molecular formula is C27H36N2O3S. The van der Waals surface area contributed by atoms with Crippen LogP contribution in [0.25, 0.3) is 5.57 Å². The van der Waals surface area contributed by atoms with Gasteiger partial charge in [-0.2, -0.15) is 0 Å². The highest BCUT2D eigenvalue weighted by Crippen LogP contribution is 2.35. The van der Waals surface area contributed by atoms with Gasteiger partial charge in [-0.1, -0.05) is 25.1 Å². The number of aryl methyl sites for hydroxylation is 1. The van der Waals surface area contributed by atoms with E-state index in [0.717, 1.165) is 49.7 Å². The molecule has 0 radical (unpaired) electrons. The molecular weight excluding hydrogens is 432 g/mol. The van der Waals surface area contributed by atoms with Gasteiger partial charge in [0.05, 0.1) is 18.9 Å². The highest BCUT2D eigenvalue weighted by Gasteiger charge is 2.21. The average Bonchev–Trinajstić information content (AvgIpc) is 3.19. The second-order valence-electron chi connectivity index (χ2n) is 9.12. The number of nitrogens with zero attached hydrogens (tertiary/aromatic N) is 2. The molecule has 5 nitrogen and oxygen atoms in total. The van der Waals surface area contributed by atoms with E-state index in [1.54, 1.807) is 0 Å². The highest BCUT2D eigenvalue weighted by atomic mass is 32.1. The summed E-state index contributed by atoms with van der Waals surface area (Å²) in [4.78, 5) is 20.5. The first kappa shape index (κ1) is 23.8. The molecule has 0 saturated carbocycles. The smallest absolute Gasteiger partial charge is 0.306 e. The van der Waals surface area contributed by atoms with Crippen LogP contribution in [0.5, 0.6) is 5.75 Å². The van der Waals surface area contributed by atoms with E-state index in [2.05, 4.69) is 43.0 Å². The minimum absolute atomic E-state index is 0.130. The molecule has 0 N–H and O–H groups in total. The number of anilines is 1. The van der Waals surface area contributed by atoms with Gasteiger partial charge in [-0.3, -0.25) is 4.79 Å². The first-order valence-corrected chi connectivity index (χ1v) is 13.2. The Morgan fingerprint density at radius 2 is 2.06 bits per heavy atom. The van der Waals surface area contributed by atoms with Crippen LogP contribution in [0, 0.1) is 12.8 Å². The Balaban J connectivity index is 1.36. The van der Waals surface area contributed by atoms with Crippen molar-refractivity contribution in [1.29, 1.82) is 0 Å². The number of rotatable bonds is 9. The number of piperidine rings is 1. The fourth-order valence-electron chi connectivity index (χ4n) is 4.70. The van der Waals surface area contributed by atoms with Gasteiger partial charge in [0, 0.05) is 36.4 Å².